The Hall–Kier alpha value is -1.20. The van der Waals surface area contributed by atoms with Gasteiger partial charge >= 0.3 is 0 Å². The molecule has 0 fully saturated rings. The van der Waals surface area contributed by atoms with E-state index in [1.807, 2.05) is 18.7 Å². The summed E-state index contributed by atoms with van der Waals surface area (Å²) in [6, 6.07) is 2.81. The summed E-state index contributed by atoms with van der Waals surface area (Å²) in [4.78, 5) is 4.56. The van der Waals surface area contributed by atoms with Crippen molar-refractivity contribution in [3.8, 4) is 0 Å². The Morgan fingerprint density at radius 3 is 2.84 bits per heavy atom. The second-order valence-corrected chi connectivity index (χ2v) is 5.94. The molecule has 2 atom stereocenters. The molecule has 19 heavy (non-hydrogen) atoms. The van der Waals surface area contributed by atoms with Gasteiger partial charge in [0.25, 0.3) is 0 Å². The highest BCUT2D eigenvalue weighted by molar-refractivity contribution is 7.09. The van der Waals surface area contributed by atoms with Crippen LogP contribution in [0.3, 0.4) is 0 Å². The fraction of sp³-hybridized carbons (Fsp3) is 0.571. The van der Waals surface area contributed by atoms with Crippen LogP contribution < -0.4 is 5.32 Å². The minimum absolute atomic E-state index is 0.241. The topological polar surface area (TPSA) is 42.7 Å². The van der Waals surface area contributed by atoms with Crippen LogP contribution in [-0.2, 0) is 6.42 Å². The highest BCUT2D eigenvalue weighted by Crippen LogP contribution is 2.20. The quantitative estimate of drug-likeness (QED) is 0.883. The van der Waals surface area contributed by atoms with Crippen LogP contribution in [0.2, 0.25) is 0 Å². The van der Waals surface area contributed by atoms with Crippen molar-refractivity contribution in [3.05, 3.63) is 34.0 Å². The van der Waals surface area contributed by atoms with Gasteiger partial charge in [-0.25, -0.2) is 4.98 Å². The van der Waals surface area contributed by atoms with Gasteiger partial charge < -0.3 is 5.32 Å². The number of likely N-dealkylation sites (N-methyl/N-ethyl adjacent to an activating group) is 1. The van der Waals surface area contributed by atoms with Gasteiger partial charge in [0.05, 0.1) is 22.4 Å². The summed E-state index contributed by atoms with van der Waals surface area (Å²) in [5, 5.41) is 11.2. The zero-order chi connectivity index (χ0) is 13.8. The van der Waals surface area contributed by atoms with Crippen molar-refractivity contribution in [1.82, 2.24) is 20.1 Å². The van der Waals surface area contributed by atoms with Crippen LogP contribution in [0.4, 0.5) is 0 Å². The maximum absolute atomic E-state index is 4.65. The third-order valence-electron chi connectivity index (χ3n) is 3.46. The number of nitrogens with zero attached hydrogens (tertiary/aromatic N) is 3. The van der Waals surface area contributed by atoms with Crippen molar-refractivity contribution < 1.29 is 0 Å². The highest BCUT2D eigenvalue weighted by atomic mass is 32.1. The number of thiazole rings is 1. The average molecular weight is 278 g/mol. The lowest BCUT2D eigenvalue weighted by atomic mass is 10.1. The maximum atomic E-state index is 4.65. The number of nitrogens with one attached hydrogen (secondary N) is 1. The van der Waals surface area contributed by atoms with E-state index in [1.165, 1.54) is 0 Å². The van der Waals surface area contributed by atoms with Crippen LogP contribution in [0.15, 0.2) is 17.6 Å². The Morgan fingerprint density at radius 1 is 1.47 bits per heavy atom. The predicted molar refractivity (Wildman–Crippen MR) is 79.6 cm³/mol. The summed E-state index contributed by atoms with van der Waals surface area (Å²) in [5.41, 5.74) is 2.23. The van der Waals surface area contributed by atoms with E-state index in [0.29, 0.717) is 6.04 Å². The van der Waals surface area contributed by atoms with Gasteiger partial charge in [0.1, 0.15) is 0 Å². The smallest absolute Gasteiger partial charge is 0.0898 e. The van der Waals surface area contributed by atoms with E-state index in [0.717, 1.165) is 29.2 Å². The molecule has 4 nitrogen and oxygen atoms in total. The first-order valence-corrected chi connectivity index (χ1v) is 7.65. The lowest BCUT2D eigenvalue weighted by molar-refractivity contribution is 0.468. The van der Waals surface area contributed by atoms with Gasteiger partial charge in [0.2, 0.25) is 0 Å². The van der Waals surface area contributed by atoms with Gasteiger partial charge in [0.15, 0.2) is 0 Å². The lowest BCUT2D eigenvalue weighted by Crippen LogP contribution is -2.19. The van der Waals surface area contributed by atoms with E-state index in [-0.39, 0.29) is 6.04 Å². The molecule has 2 aromatic rings. The van der Waals surface area contributed by atoms with E-state index in [2.05, 4.69) is 46.9 Å². The largest absolute Gasteiger partial charge is 0.311 e. The van der Waals surface area contributed by atoms with E-state index in [1.54, 1.807) is 11.3 Å². The van der Waals surface area contributed by atoms with Crippen molar-refractivity contribution in [2.24, 2.45) is 0 Å². The van der Waals surface area contributed by atoms with E-state index in [9.17, 15) is 0 Å². The van der Waals surface area contributed by atoms with Gasteiger partial charge in [-0.2, -0.15) is 5.10 Å². The molecule has 0 radical (unpaired) electrons. The second kappa shape index (κ2) is 6.30. The zero-order valence-electron chi connectivity index (χ0n) is 12.1. The Bertz CT molecular complexity index is 517. The molecule has 2 aromatic heterocycles. The third kappa shape index (κ3) is 3.42. The molecule has 0 bridgehead atoms. The molecule has 2 heterocycles. The fourth-order valence-electron chi connectivity index (χ4n) is 2.02. The van der Waals surface area contributed by atoms with Crippen molar-refractivity contribution in [2.75, 3.05) is 7.05 Å². The van der Waals surface area contributed by atoms with Crippen molar-refractivity contribution >= 4 is 11.3 Å². The number of aromatic nitrogens is 3. The molecule has 0 aliphatic rings. The van der Waals surface area contributed by atoms with Crippen molar-refractivity contribution in [2.45, 2.75) is 45.7 Å². The number of hydrogen-bond acceptors (Lipinski definition) is 4. The Kier molecular flexibility index (Phi) is 4.71. The maximum Gasteiger partial charge on any atom is 0.0898 e. The van der Waals surface area contributed by atoms with Crippen LogP contribution in [0.5, 0.6) is 0 Å². The molecule has 5 heteroatoms. The van der Waals surface area contributed by atoms with Crippen LogP contribution in [-0.4, -0.2) is 21.8 Å². The fourth-order valence-corrected chi connectivity index (χ4v) is 2.69. The van der Waals surface area contributed by atoms with E-state index < -0.39 is 0 Å². The van der Waals surface area contributed by atoms with Gasteiger partial charge in [-0.1, -0.05) is 6.92 Å². The summed E-state index contributed by atoms with van der Waals surface area (Å²) < 4.78 is 2.05. The molecular formula is C14H22N4S. The molecule has 0 spiro atoms. The van der Waals surface area contributed by atoms with Gasteiger partial charge in [0, 0.05) is 24.0 Å². The second-order valence-electron chi connectivity index (χ2n) is 4.88. The van der Waals surface area contributed by atoms with E-state index >= 15 is 0 Å². The molecule has 0 aliphatic heterocycles. The molecular weight excluding hydrogens is 256 g/mol. The molecule has 1 N–H and O–H groups in total. The molecule has 2 rings (SSSR count). The molecule has 0 saturated carbocycles. The van der Waals surface area contributed by atoms with Gasteiger partial charge in [-0.05, 0) is 33.4 Å². The van der Waals surface area contributed by atoms with Crippen molar-refractivity contribution in [1.29, 1.82) is 0 Å². The van der Waals surface area contributed by atoms with Crippen molar-refractivity contribution in [3.63, 3.8) is 0 Å². The number of aryl methyl sites for hydroxylation is 1. The molecule has 0 aliphatic carbocycles. The first-order valence-electron chi connectivity index (χ1n) is 6.77. The molecule has 0 saturated heterocycles. The number of hydrogen-bond donors (Lipinski definition) is 1. The SMILES string of the molecule is CCC(C)n1ccc(CC(NC)c2csc(C)n2)n1. The summed E-state index contributed by atoms with van der Waals surface area (Å²) in [7, 11) is 1.98. The zero-order valence-corrected chi connectivity index (χ0v) is 12.9. The Labute approximate surface area is 118 Å². The van der Waals surface area contributed by atoms with Crippen LogP contribution >= 0.6 is 11.3 Å². The van der Waals surface area contributed by atoms with Crippen LogP contribution in [0, 0.1) is 6.92 Å². The average Bonchev–Trinajstić information content (AvgIpc) is 3.04. The first kappa shape index (κ1) is 14.2. The summed E-state index contributed by atoms with van der Waals surface area (Å²) >= 11 is 1.70. The Balaban J connectivity index is 2.08. The van der Waals surface area contributed by atoms with Crippen LogP contribution in [0.25, 0.3) is 0 Å². The monoisotopic (exact) mass is 278 g/mol. The standard InChI is InChI=1S/C14H22N4S/c1-5-10(2)18-7-6-12(17-18)8-13(15-4)14-9-19-11(3)16-14/h6-7,9-10,13,15H,5,8H2,1-4H3. The minimum atomic E-state index is 0.241. The summed E-state index contributed by atoms with van der Waals surface area (Å²) in [6.45, 7) is 6.41. The Morgan fingerprint density at radius 2 is 2.26 bits per heavy atom. The number of rotatable bonds is 6. The molecule has 2 unspecified atom stereocenters. The normalized spacial score (nSPS) is 14.5. The summed E-state index contributed by atoms with van der Waals surface area (Å²) in [6.07, 6.45) is 4.05. The van der Waals surface area contributed by atoms with Gasteiger partial charge in [-0.3, -0.25) is 4.68 Å². The van der Waals surface area contributed by atoms with Gasteiger partial charge in [-0.15, -0.1) is 11.3 Å². The third-order valence-corrected chi connectivity index (χ3v) is 4.25. The molecule has 0 amide bonds. The predicted octanol–water partition coefficient (Wildman–Crippen LogP) is 3.12. The minimum Gasteiger partial charge on any atom is -0.311 e. The molecule has 104 valence electrons. The highest BCUT2D eigenvalue weighted by Gasteiger charge is 2.15. The molecule has 0 aromatic carbocycles. The summed E-state index contributed by atoms with van der Waals surface area (Å²) in [5.74, 6) is 0. The van der Waals surface area contributed by atoms with Crippen LogP contribution in [0.1, 0.15) is 48.7 Å². The van der Waals surface area contributed by atoms with E-state index in [4.69, 9.17) is 0 Å². The first-order chi connectivity index (χ1) is 9.13. The lowest BCUT2D eigenvalue weighted by Gasteiger charge is -2.12.